The molecule has 0 fully saturated rings. The van der Waals surface area contributed by atoms with Crippen LogP contribution in [0.5, 0.6) is 0 Å². The van der Waals surface area contributed by atoms with E-state index in [0.717, 1.165) is 16.8 Å². The van der Waals surface area contributed by atoms with Crippen LogP contribution in [0, 0.1) is 0 Å². The number of hydrogen-bond acceptors (Lipinski definition) is 3. The maximum Gasteiger partial charge on any atom is 0.0731 e. The number of hydrogen-bond donors (Lipinski definition) is 0. The molecule has 1 aliphatic carbocycles. The lowest BCUT2D eigenvalue weighted by atomic mass is 10.1. The zero-order valence-electron chi connectivity index (χ0n) is 6.23. The van der Waals surface area contributed by atoms with Crippen LogP contribution >= 0.6 is 0 Å². The Balaban J connectivity index is 2.47. The molecule has 0 saturated carbocycles. The van der Waals surface area contributed by atoms with Crippen LogP contribution in [0.2, 0.25) is 0 Å². The minimum absolute atomic E-state index is 0.998. The van der Waals surface area contributed by atoms with Crippen molar-refractivity contribution in [3.05, 3.63) is 30.7 Å². The highest BCUT2D eigenvalue weighted by molar-refractivity contribution is 5.88. The second-order valence-electron chi connectivity index (χ2n) is 2.75. The third kappa shape index (κ3) is 0.580. The molecule has 2 aromatic heterocycles. The molecule has 2 aromatic rings. The molecule has 2 heterocycles. The first kappa shape index (κ1) is 5.83. The minimum Gasteiger partial charge on any atom is -0.256 e. The van der Waals surface area contributed by atoms with Gasteiger partial charge in [-0.2, -0.15) is 10.2 Å². The van der Waals surface area contributed by atoms with Crippen LogP contribution < -0.4 is 0 Å². The van der Waals surface area contributed by atoms with Gasteiger partial charge in [0, 0.05) is 17.3 Å². The largest absolute Gasteiger partial charge is 0.256 e. The van der Waals surface area contributed by atoms with Crippen molar-refractivity contribution in [1.29, 1.82) is 0 Å². The maximum atomic E-state index is 4.22. The highest BCUT2D eigenvalue weighted by Crippen LogP contribution is 2.36. The molecule has 0 amide bonds. The molecule has 1 aliphatic rings. The fourth-order valence-corrected chi connectivity index (χ4v) is 1.50. The molecular weight excluding hydrogens is 150 g/mol. The van der Waals surface area contributed by atoms with Gasteiger partial charge in [0.05, 0.1) is 18.1 Å². The van der Waals surface area contributed by atoms with Gasteiger partial charge in [0.1, 0.15) is 0 Å². The predicted molar refractivity (Wildman–Crippen MR) is 44.3 cm³/mol. The quantitative estimate of drug-likeness (QED) is 0.494. The van der Waals surface area contributed by atoms with Crippen molar-refractivity contribution in [1.82, 2.24) is 15.2 Å². The zero-order valence-corrected chi connectivity index (χ0v) is 6.23. The Kier molecular flexibility index (Phi) is 0.913. The summed E-state index contributed by atoms with van der Waals surface area (Å²) in [5.41, 5.74) is 4.41. The van der Waals surface area contributed by atoms with Crippen LogP contribution in [-0.2, 0) is 0 Å². The van der Waals surface area contributed by atoms with Crippen molar-refractivity contribution in [3.63, 3.8) is 0 Å². The van der Waals surface area contributed by atoms with Gasteiger partial charge in [-0.3, -0.25) is 4.98 Å². The van der Waals surface area contributed by atoms with Gasteiger partial charge in [0.2, 0.25) is 0 Å². The first-order valence-corrected chi connectivity index (χ1v) is 3.72. The summed E-state index contributed by atoms with van der Waals surface area (Å²) < 4.78 is 0. The van der Waals surface area contributed by atoms with Crippen LogP contribution in [0.1, 0.15) is 0 Å². The summed E-state index contributed by atoms with van der Waals surface area (Å²) in [6.45, 7) is 0. The number of aromatic nitrogens is 3. The molecule has 3 rings (SSSR count). The van der Waals surface area contributed by atoms with Crippen LogP contribution in [-0.4, -0.2) is 15.2 Å². The van der Waals surface area contributed by atoms with E-state index in [4.69, 9.17) is 0 Å². The summed E-state index contributed by atoms with van der Waals surface area (Å²) in [5.74, 6) is 0. The van der Waals surface area contributed by atoms with E-state index in [1.54, 1.807) is 12.4 Å². The highest BCUT2D eigenvalue weighted by Gasteiger charge is 2.16. The van der Waals surface area contributed by atoms with Crippen LogP contribution in [0.25, 0.3) is 22.4 Å². The Hall–Kier alpha value is -1.77. The number of pyridine rings is 1. The Morgan fingerprint density at radius 2 is 1.83 bits per heavy atom. The summed E-state index contributed by atoms with van der Waals surface area (Å²) >= 11 is 0. The van der Waals surface area contributed by atoms with E-state index >= 15 is 0 Å². The molecule has 0 N–H and O–H groups in total. The summed E-state index contributed by atoms with van der Waals surface area (Å²) in [6.07, 6.45) is 5.34. The lowest BCUT2D eigenvalue weighted by Gasteiger charge is -1.93. The Labute approximate surface area is 69.1 Å². The molecule has 56 valence electrons. The predicted octanol–water partition coefficient (Wildman–Crippen LogP) is 1.52. The van der Waals surface area contributed by atoms with Crippen molar-refractivity contribution in [2.75, 3.05) is 0 Å². The topological polar surface area (TPSA) is 38.7 Å². The highest BCUT2D eigenvalue weighted by atomic mass is 15.1. The first-order chi connectivity index (χ1) is 5.95. The van der Waals surface area contributed by atoms with Gasteiger partial charge in [0.15, 0.2) is 0 Å². The van der Waals surface area contributed by atoms with E-state index in [0.29, 0.717) is 0 Å². The molecule has 3 heteroatoms. The zero-order chi connectivity index (χ0) is 7.97. The van der Waals surface area contributed by atoms with Gasteiger partial charge in [-0.15, -0.1) is 0 Å². The second kappa shape index (κ2) is 1.88. The monoisotopic (exact) mass is 155 g/mol. The SMILES string of the molecule is c1cc2cc(n1)-c1cnncc1-2. The minimum atomic E-state index is 0.998. The summed E-state index contributed by atoms with van der Waals surface area (Å²) in [7, 11) is 0. The van der Waals surface area contributed by atoms with Gasteiger partial charge in [-0.05, 0) is 17.7 Å². The molecule has 0 saturated heterocycles. The summed E-state index contributed by atoms with van der Waals surface area (Å²) in [5, 5.41) is 7.66. The molecule has 0 aliphatic heterocycles. The van der Waals surface area contributed by atoms with E-state index in [9.17, 15) is 0 Å². The van der Waals surface area contributed by atoms with Crippen molar-refractivity contribution in [2.45, 2.75) is 0 Å². The standard InChI is InChI=1S/C9H5N3/c1-2-10-9-3-6(1)7-4-11-12-5-8(7)9/h1-5H. The summed E-state index contributed by atoms with van der Waals surface area (Å²) in [6, 6.07) is 4.03. The third-order valence-electron chi connectivity index (χ3n) is 2.08. The first-order valence-electron chi connectivity index (χ1n) is 3.72. The van der Waals surface area contributed by atoms with E-state index in [1.807, 2.05) is 18.3 Å². The molecule has 12 heavy (non-hydrogen) atoms. The molecule has 0 radical (unpaired) electrons. The van der Waals surface area contributed by atoms with Gasteiger partial charge >= 0.3 is 0 Å². The number of nitrogens with zero attached hydrogens (tertiary/aromatic N) is 3. The van der Waals surface area contributed by atoms with Crippen LogP contribution in [0.4, 0.5) is 0 Å². The lowest BCUT2D eigenvalue weighted by molar-refractivity contribution is 1.04. The maximum absolute atomic E-state index is 4.22. The molecule has 0 spiro atoms. The Morgan fingerprint density at radius 3 is 2.75 bits per heavy atom. The van der Waals surface area contributed by atoms with Crippen molar-refractivity contribution < 1.29 is 0 Å². The van der Waals surface area contributed by atoms with Gasteiger partial charge in [-0.1, -0.05) is 0 Å². The Bertz CT molecular complexity index is 413. The second-order valence-corrected chi connectivity index (χ2v) is 2.75. The van der Waals surface area contributed by atoms with Gasteiger partial charge < -0.3 is 0 Å². The molecule has 0 unspecified atom stereocenters. The lowest BCUT2D eigenvalue weighted by Crippen LogP contribution is -1.82. The number of rotatable bonds is 0. The molecule has 2 bridgehead atoms. The van der Waals surface area contributed by atoms with E-state index in [-0.39, 0.29) is 0 Å². The van der Waals surface area contributed by atoms with E-state index in [1.165, 1.54) is 5.56 Å². The van der Waals surface area contributed by atoms with Crippen molar-refractivity contribution in [2.24, 2.45) is 0 Å². The third-order valence-corrected chi connectivity index (χ3v) is 2.08. The molecule has 0 atom stereocenters. The van der Waals surface area contributed by atoms with Gasteiger partial charge in [0.25, 0.3) is 0 Å². The number of fused-ring (bicyclic) bond motifs is 5. The molecular formula is C9H5N3. The van der Waals surface area contributed by atoms with Crippen LogP contribution in [0.15, 0.2) is 30.7 Å². The van der Waals surface area contributed by atoms with Gasteiger partial charge in [-0.25, -0.2) is 0 Å². The fourth-order valence-electron chi connectivity index (χ4n) is 1.50. The smallest absolute Gasteiger partial charge is 0.0731 e. The fraction of sp³-hybridized carbons (Fsp3) is 0. The normalized spacial score (nSPS) is 11.3. The van der Waals surface area contributed by atoms with Crippen LogP contribution in [0.3, 0.4) is 0 Å². The molecule has 0 aromatic carbocycles. The van der Waals surface area contributed by atoms with E-state index < -0.39 is 0 Å². The average Bonchev–Trinajstić information content (AvgIpc) is 2.41. The summed E-state index contributed by atoms with van der Waals surface area (Å²) in [4.78, 5) is 4.22. The average molecular weight is 155 g/mol. The van der Waals surface area contributed by atoms with Crippen molar-refractivity contribution >= 4 is 0 Å². The Morgan fingerprint density at radius 1 is 1.00 bits per heavy atom. The van der Waals surface area contributed by atoms with Crippen molar-refractivity contribution in [3.8, 4) is 22.4 Å². The molecule has 3 nitrogen and oxygen atoms in total. The van der Waals surface area contributed by atoms with E-state index in [2.05, 4.69) is 15.2 Å².